The van der Waals surface area contributed by atoms with Gasteiger partial charge in [0, 0.05) is 12.1 Å². The molecule has 0 bridgehead atoms. The summed E-state index contributed by atoms with van der Waals surface area (Å²) in [5.74, 6) is -0.747. The molecule has 0 aliphatic carbocycles. The van der Waals surface area contributed by atoms with Gasteiger partial charge in [-0.25, -0.2) is 0 Å². The van der Waals surface area contributed by atoms with Crippen molar-refractivity contribution in [1.29, 1.82) is 0 Å². The van der Waals surface area contributed by atoms with Crippen LogP contribution >= 0.6 is 0 Å². The van der Waals surface area contributed by atoms with Crippen molar-refractivity contribution < 1.29 is 19.4 Å². The number of nitrogens with zero attached hydrogens (tertiary/aromatic N) is 2. The highest BCUT2D eigenvalue weighted by molar-refractivity contribution is 6.46. The summed E-state index contributed by atoms with van der Waals surface area (Å²) in [6, 6.07) is 13.9. The van der Waals surface area contributed by atoms with E-state index in [0.29, 0.717) is 24.5 Å². The summed E-state index contributed by atoms with van der Waals surface area (Å²) >= 11 is 0. The molecule has 6 heteroatoms. The Balaban J connectivity index is 2.04. The third-order valence-electron chi connectivity index (χ3n) is 5.46. The molecule has 0 radical (unpaired) electrons. The quantitative estimate of drug-likeness (QED) is 0.280. The zero-order chi connectivity index (χ0) is 23.3. The summed E-state index contributed by atoms with van der Waals surface area (Å²) in [5.41, 5.74) is 2.19. The number of aryl methyl sites for hydroxylation is 1. The maximum Gasteiger partial charge on any atom is 0.295 e. The van der Waals surface area contributed by atoms with E-state index in [9.17, 15) is 14.7 Å². The molecule has 0 unspecified atom stereocenters. The van der Waals surface area contributed by atoms with Gasteiger partial charge in [0.05, 0.1) is 11.6 Å². The molecule has 1 aliphatic rings. The van der Waals surface area contributed by atoms with Gasteiger partial charge in [-0.1, -0.05) is 43.0 Å². The minimum atomic E-state index is -0.661. The first-order chi connectivity index (χ1) is 15.3. The molecule has 32 heavy (non-hydrogen) atoms. The minimum absolute atomic E-state index is 0.116. The highest BCUT2D eigenvalue weighted by Gasteiger charge is 2.45. The second kappa shape index (κ2) is 10.3. The smallest absolute Gasteiger partial charge is 0.295 e. The molecule has 2 aromatic rings. The molecular weight excluding hydrogens is 404 g/mol. The van der Waals surface area contributed by atoms with Gasteiger partial charge in [0.2, 0.25) is 0 Å². The van der Waals surface area contributed by atoms with E-state index in [2.05, 4.69) is 6.58 Å². The number of carbonyl (C=O) groups is 2. The van der Waals surface area contributed by atoms with Crippen LogP contribution in [0.5, 0.6) is 5.75 Å². The normalized spacial score (nSPS) is 17.8. The average molecular weight is 435 g/mol. The Bertz CT molecular complexity index is 1030. The SMILES string of the molecule is C=CCOc1ccc(C(O)=C2C(=O)C(=O)N(CCCN(C)C)[C@H]2c2ccccc2)cc1C. The number of likely N-dealkylation sites (tertiary alicyclic amines) is 1. The van der Waals surface area contributed by atoms with Crippen LogP contribution in [-0.4, -0.2) is 60.4 Å². The van der Waals surface area contributed by atoms with Crippen LogP contribution in [0.4, 0.5) is 0 Å². The van der Waals surface area contributed by atoms with Crippen LogP contribution in [0.25, 0.3) is 5.76 Å². The second-order valence-electron chi connectivity index (χ2n) is 8.14. The van der Waals surface area contributed by atoms with Crippen molar-refractivity contribution in [3.05, 3.63) is 83.4 Å². The maximum atomic E-state index is 13.0. The van der Waals surface area contributed by atoms with E-state index in [1.54, 1.807) is 29.2 Å². The number of hydrogen-bond donors (Lipinski definition) is 1. The lowest BCUT2D eigenvalue weighted by Crippen LogP contribution is -2.32. The van der Waals surface area contributed by atoms with E-state index < -0.39 is 17.7 Å². The lowest BCUT2D eigenvalue weighted by Gasteiger charge is -2.26. The van der Waals surface area contributed by atoms with Gasteiger partial charge in [0.25, 0.3) is 11.7 Å². The van der Waals surface area contributed by atoms with Gasteiger partial charge in [-0.2, -0.15) is 0 Å². The Morgan fingerprint density at radius 2 is 1.91 bits per heavy atom. The van der Waals surface area contributed by atoms with Crippen LogP contribution in [0.1, 0.15) is 29.2 Å². The molecule has 1 heterocycles. The van der Waals surface area contributed by atoms with Crippen LogP contribution in [0.15, 0.2) is 66.8 Å². The van der Waals surface area contributed by atoms with Gasteiger partial charge in [-0.3, -0.25) is 9.59 Å². The summed E-state index contributed by atoms with van der Waals surface area (Å²) in [6.45, 7) is 7.09. The Morgan fingerprint density at radius 3 is 2.53 bits per heavy atom. The molecule has 1 N–H and O–H groups in total. The van der Waals surface area contributed by atoms with Crippen molar-refractivity contribution >= 4 is 17.4 Å². The summed E-state index contributed by atoms with van der Waals surface area (Å²) in [4.78, 5) is 29.6. The summed E-state index contributed by atoms with van der Waals surface area (Å²) in [5, 5.41) is 11.2. The number of ether oxygens (including phenoxy) is 1. The number of ketones is 1. The zero-order valence-electron chi connectivity index (χ0n) is 18.9. The lowest BCUT2D eigenvalue weighted by atomic mass is 9.95. The Labute approximate surface area is 189 Å². The first-order valence-corrected chi connectivity index (χ1v) is 10.7. The molecule has 2 aromatic carbocycles. The van der Waals surface area contributed by atoms with Gasteiger partial charge < -0.3 is 19.6 Å². The van der Waals surface area contributed by atoms with E-state index >= 15 is 0 Å². The van der Waals surface area contributed by atoms with Crippen molar-refractivity contribution in [2.45, 2.75) is 19.4 Å². The van der Waals surface area contributed by atoms with E-state index in [0.717, 1.165) is 24.1 Å². The third kappa shape index (κ3) is 4.92. The van der Waals surface area contributed by atoms with Crippen molar-refractivity contribution in [1.82, 2.24) is 9.80 Å². The molecule has 168 valence electrons. The number of aliphatic hydroxyl groups excluding tert-OH is 1. The van der Waals surface area contributed by atoms with Gasteiger partial charge in [0.1, 0.15) is 18.1 Å². The number of aliphatic hydroxyl groups is 1. The zero-order valence-corrected chi connectivity index (χ0v) is 18.9. The first-order valence-electron chi connectivity index (χ1n) is 10.7. The van der Waals surface area contributed by atoms with Gasteiger partial charge in [0.15, 0.2) is 0 Å². The van der Waals surface area contributed by atoms with E-state index in [1.807, 2.05) is 56.3 Å². The monoisotopic (exact) mass is 434 g/mol. The molecule has 1 aliphatic heterocycles. The molecule has 1 amide bonds. The van der Waals surface area contributed by atoms with E-state index in [1.165, 1.54) is 0 Å². The van der Waals surface area contributed by atoms with Crippen LogP contribution in [0, 0.1) is 6.92 Å². The van der Waals surface area contributed by atoms with E-state index in [4.69, 9.17) is 4.74 Å². The molecule has 0 aromatic heterocycles. The predicted molar refractivity (Wildman–Crippen MR) is 125 cm³/mol. The van der Waals surface area contributed by atoms with Crippen molar-refractivity contribution in [3.63, 3.8) is 0 Å². The Hall–Kier alpha value is -3.38. The maximum absolute atomic E-state index is 13.0. The number of rotatable bonds is 9. The first kappa shape index (κ1) is 23.3. The summed E-state index contributed by atoms with van der Waals surface area (Å²) in [7, 11) is 3.93. The van der Waals surface area contributed by atoms with Crippen LogP contribution in [0.3, 0.4) is 0 Å². The lowest BCUT2D eigenvalue weighted by molar-refractivity contribution is -0.139. The fourth-order valence-corrected chi connectivity index (χ4v) is 3.91. The molecule has 0 spiro atoms. The standard InChI is InChI=1S/C26H30N2O4/c1-5-16-32-21-13-12-20(17-18(21)2)24(29)22-23(19-10-7-6-8-11-19)28(26(31)25(22)30)15-9-14-27(3)4/h5-8,10-13,17,23,29H,1,9,14-16H2,2-4H3/t23-/m0/s1. The number of carbonyl (C=O) groups excluding carboxylic acids is 2. The minimum Gasteiger partial charge on any atom is -0.507 e. The van der Waals surface area contributed by atoms with Gasteiger partial charge in [-0.15, -0.1) is 0 Å². The van der Waals surface area contributed by atoms with E-state index in [-0.39, 0.29) is 11.3 Å². The number of hydrogen-bond acceptors (Lipinski definition) is 5. The molecule has 1 fully saturated rings. The average Bonchev–Trinajstić information content (AvgIpc) is 3.03. The highest BCUT2D eigenvalue weighted by atomic mass is 16.5. The summed E-state index contributed by atoms with van der Waals surface area (Å²) < 4.78 is 5.61. The molecule has 1 saturated heterocycles. The molecule has 3 rings (SSSR count). The number of amides is 1. The molecular formula is C26H30N2O4. The third-order valence-corrected chi connectivity index (χ3v) is 5.46. The van der Waals surface area contributed by atoms with Crippen LogP contribution in [0.2, 0.25) is 0 Å². The van der Waals surface area contributed by atoms with Crippen LogP contribution in [-0.2, 0) is 9.59 Å². The van der Waals surface area contributed by atoms with Gasteiger partial charge in [-0.05, 0) is 63.3 Å². The summed E-state index contributed by atoms with van der Waals surface area (Å²) in [6.07, 6.45) is 2.38. The Morgan fingerprint density at radius 1 is 1.19 bits per heavy atom. The molecule has 1 atom stereocenters. The van der Waals surface area contributed by atoms with Crippen molar-refractivity contribution in [2.75, 3.05) is 33.8 Å². The highest BCUT2D eigenvalue weighted by Crippen LogP contribution is 2.39. The van der Waals surface area contributed by atoms with Gasteiger partial charge >= 0.3 is 0 Å². The molecule has 0 saturated carbocycles. The molecule has 6 nitrogen and oxygen atoms in total. The predicted octanol–water partition coefficient (Wildman–Crippen LogP) is 3.93. The van der Waals surface area contributed by atoms with Crippen molar-refractivity contribution in [2.24, 2.45) is 0 Å². The fourth-order valence-electron chi connectivity index (χ4n) is 3.91. The fraction of sp³-hybridized carbons (Fsp3) is 0.308. The number of Topliss-reactive ketones (excluding diaryl/α,β-unsaturated/α-hetero) is 1. The Kier molecular flexibility index (Phi) is 7.49. The number of benzene rings is 2. The van der Waals surface area contributed by atoms with Crippen molar-refractivity contribution in [3.8, 4) is 5.75 Å². The second-order valence-corrected chi connectivity index (χ2v) is 8.14. The largest absolute Gasteiger partial charge is 0.507 e. The van der Waals surface area contributed by atoms with Crippen LogP contribution < -0.4 is 4.74 Å². The topological polar surface area (TPSA) is 70.1 Å².